The summed E-state index contributed by atoms with van der Waals surface area (Å²) in [5.74, 6) is 4.05. The average molecular weight is 532 g/mol. The summed E-state index contributed by atoms with van der Waals surface area (Å²) >= 11 is 0. The number of halogens is 1. The Balaban J connectivity index is 0.00000450. The van der Waals surface area contributed by atoms with Gasteiger partial charge in [-0.15, -0.1) is 24.0 Å². The van der Waals surface area contributed by atoms with Crippen LogP contribution in [0.15, 0.2) is 27.7 Å². The first kappa shape index (κ1) is 25.9. The van der Waals surface area contributed by atoms with Crippen LogP contribution in [-0.2, 0) is 18.4 Å². The number of hydrogen-bond donors (Lipinski definition) is 2. The van der Waals surface area contributed by atoms with Gasteiger partial charge in [-0.2, -0.15) is 0 Å². The molecule has 0 bridgehead atoms. The lowest BCUT2D eigenvalue weighted by atomic mass is 9.94. The maximum absolute atomic E-state index is 5.80. The molecule has 2 aromatic rings. The van der Waals surface area contributed by atoms with Crippen LogP contribution in [-0.4, -0.2) is 45.9 Å². The zero-order valence-electron chi connectivity index (χ0n) is 18.8. The fourth-order valence-electron chi connectivity index (χ4n) is 2.79. The fourth-order valence-corrected chi connectivity index (χ4v) is 2.79. The van der Waals surface area contributed by atoms with Crippen molar-refractivity contribution >= 4 is 29.9 Å². The molecule has 0 spiro atoms. The van der Waals surface area contributed by atoms with Crippen LogP contribution >= 0.6 is 24.0 Å². The Labute approximate surface area is 195 Å². The molecular formula is C21H33IN4O4. The molecule has 168 valence electrons. The van der Waals surface area contributed by atoms with Crippen LogP contribution in [0.2, 0.25) is 0 Å². The van der Waals surface area contributed by atoms with Crippen molar-refractivity contribution in [1.82, 2.24) is 15.6 Å². The number of aromatic nitrogens is 1. The normalized spacial score (nSPS) is 11.5. The van der Waals surface area contributed by atoms with Gasteiger partial charge in [-0.3, -0.25) is 4.99 Å². The van der Waals surface area contributed by atoms with Crippen LogP contribution in [0.3, 0.4) is 0 Å². The number of aliphatic imine (C=N–C) groups is 1. The summed E-state index contributed by atoms with van der Waals surface area (Å²) in [5, 5.41) is 6.50. The predicted octanol–water partition coefficient (Wildman–Crippen LogP) is 3.52. The van der Waals surface area contributed by atoms with Crippen molar-refractivity contribution in [1.29, 1.82) is 0 Å². The molecule has 0 fully saturated rings. The topological polar surface area (TPSA) is 90.1 Å². The minimum absolute atomic E-state index is 0. The SMILES string of the molecule is CN=C(NCCc1ccc(OC)c(OC)c1OC)NCc1ncc(C(C)(C)C)o1.I. The van der Waals surface area contributed by atoms with Crippen LogP contribution < -0.4 is 24.8 Å². The summed E-state index contributed by atoms with van der Waals surface area (Å²) in [7, 11) is 6.55. The Kier molecular flexibility index (Phi) is 10.2. The molecule has 1 aromatic carbocycles. The van der Waals surface area contributed by atoms with Crippen molar-refractivity contribution < 1.29 is 18.6 Å². The first-order valence-corrected chi connectivity index (χ1v) is 9.51. The third kappa shape index (κ3) is 6.68. The van der Waals surface area contributed by atoms with Crippen molar-refractivity contribution in [3.8, 4) is 17.2 Å². The molecule has 0 radical (unpaired) electrons. The predicted molar refractivity (Wildman–Crippen MR) is 129 cm³/mol. The molecule has 1 heterocycles. The molecule has 0 aliphatic carbocycles. The number of guanidine groups is 1. The number of nitrogens with zero attached hydrogens (tertiary/aromatic N) is 2. The number of ether oxygens (including phenoxy) is 3. The smallest absolute Gasteiger partial charge is 0.213 e. The summed E-state index contributed by atoms with van der Waals surface area (Å²) in [6, 6.07) is 3.85. The largest absolute Gasteiger partial charge is 0.493 e. The van der Waals surface area contributed by atoms with E-state index >= 15 is 0 Å². The van der Waals surface area contributed by atoms with Crippen molar-refractivity contribution in [2.45, 2.75) is 39.2 Å². The van der Waals surface area contributed by atoms with E-state index in [4.69, 9.17) is 18.6 Å². The summed E-state index contributed by atoms with van der Waals surface area (Å²) < 4.78 is 22.1. The molecule has 0 unspecified atom stereocenters. The molecule has 0 aliphatic heterocycles. The maximum atomic E-state index is 5.80. The highest BCUT2D eigenvalue weighted by molar-refractivity contribution is 14.0. The average Bonchev–Trinajstić information content (AvgIpc) is 3.19. The second kappa shape index (κ2) is 11.9. The number of hydrogen-bond acceptors (Lipinski definition) is 6. The molecule has 0 amide bonds. The summed E-state index contributed by atoms with van der Waals surface area (Å²) in [5.41, 5.74) is 0.944. The van der Waals surface area contributed by atoms with E-state index in [2.05, 4.69) is 41.4 Å². The Morgan fingerprint density at radius 2 is 1.77 bits per heavy atom. The van der Waals surface area contributed by atoms with Gasteiger partial charge < -0.3 is 29.3 Å². The molecule has 2 rings (SSSR count). The van der Waals surface area contributed by atoms with Gasteiger partial charge in [-0.05, 0) is 12.5 Å². The molecule has 0 saturated carbocycles. The lowest BCUT2D eigenvalue weighted by Gasteiger charge is -2.16. The Hall–Kier alpha value is -2.17. The molecular weight excluding hydrogens is 499 g/mol. The summed E-state index contributed by atoms with van der Waals surface area (Å²) in [6.45, 7) is 7.38. The first-order chi connectivity index (χ1) is 13.8. The van der Waals surface area contributed by atoms with E-state index in [1.807, 2.05) is 12.1 Å². The van der Waals surface area contributed by atoms with E-state index in [1.54, 1.807) is 34.6 Å². The van der Waals surface area contributed by atoms with E-state index in [0.717, 1.165) is 17.7 Å². The molecule has 2 N–H and O–H groups in total. The third-order valence-electron chi connectivity index (χ3n) is 4.40. The lowest BCUT2D eigenvalue weighted by Crippen LogP contribution is -2.38. The van der Waals surface area contributed by atoms with Crippen LogP contribution in [0.25, 0.3) is 0 Å². The van der Waals surface area contributed by atoms with Gasteiger partial charge in [0.25, 0.3) is 0 Å². The molecule has 9 heteroatoms. The fraction of sp³-hybridized carbons (Fsp3) is 0.524. The van der Waals surface area contributed by atoms with Crippen LogP contribution in [0.5, 0.6) is 17.2 Å². The number of oxazole rings is 1. The maximum Gasteiger partial charge on any atom is 0.213 e. The number of nitrogens with one attached hydrogen (secondary N) is 2. The van der Waals surface area contributed by atoms with E-state index in [0.29, 0.717) is 42.2 Å². The zero-order chi connectivity index (χ0) is 21.4. The molecule has 30 heavy (non-hydrogen) atoms. The van der Waals surface area contributed by atoms with E-state index in [1.165, 1.54) is 0 Å². The molecule has 0 saturated heterocycles. The van der Waals surface area contributed by atoms with Crippen LogP contribution in [0, 0.1) is 0 Å². The highest BCUT2D eigenvalue weighted by Gasteiger charge is 2.19. The van der Waals surface area contributed by atoms with E-state index in [9.17, 15) is 0 Å². The Bertz CT molecular complexity index is 831. The standard InChI is InChI=1S/C21H32N4O4.HI/c1-21(2,3)16-12-24-17(29-16)13-25-20(22-4)23-11-10-14-8-9-15(26-5)19(28-7)18(14)27-6;/h8-9,12H,10-11,13H2,1-7H3,(H2,22,23,25);1H. The van der Waals surface area contributed by atoms with Crippen LogP contribution in [0.1, 0.15) is 38.0 Å². The third-order valence-corrected chi connectivity index (χ3v) is 4.40. The molecule has 1 aromatic heterocycles. The second-order valence-corrected chi connectivity index (χ2v) is 7.46. The van der Waals surface area contributed by atoms with Gasteiger partial charge in [0, 0.05) is 24.6 Å². The lowest BCUT2D eigenvalue weighted by molar-refractivity contribution is 0.322. The van der Waals surface area contributed by atoms with E-state index < -0.39 is 0 Å². The van der Waals surface area contributed by atoms with Gasteiger partial charge in [0.15, 0.2) is 17.5 Å². The summed E-state index contributed by atoms with van der Waals surface area (Å²) in [4.78, 5) is 8.56. The van der Waals surface area contributed by atoms with Crippen molar-refractivity contribution in [3.63, 3.8) is 0 Å². The zero-order valence-corrected chi connectivity index (χ0v) is 21.1. The minimum Gasteiger partial charge on any atom is -0.493 e. The van der Waals surface area contributed by atoms with Gasteiger partial charge in [-0.1, -0.05) is 26.8 Å². The number of rotatable bonds is 8. The van der Waals surface area contributed by atoms with Gasteiger partial charge in [0.2, 0.25) is 11.6 Å². The monoisotopic (exact) mass is 532 g/mol. The quantitative estimate of drug-likeness (QED) is 0.306. The Morgan fingerprint density at radius 1 is 1.07 bits per heavy atom. The van der Waals surface area contributed by atoms with Crippen molar-refractivity contribution in [2.24, 2.45) is 4.99 Å². The number of methoxy groups -OCH3 is 3. The van der Waals surface area contributed by atoms with Gasteiger partial charge in [0.05, 0.1) is 34.1 Å². The van der Waals surface area contributed by atoms with Crippen molar-refractivity contribution in [2.75, 3.05) is 34.9 Å². The summed E-state index contributed by atoms with van der Waals surface area (Å²) in [6.07, 6.45) is 2.49. The van der Waals surface area contributed by atoms with E-state index in [-0.39, 0.29) is 29.4 Å². The highest BCUT2D eigenvalue weighted by Crippen LogP contribution is 2.39. The highest BCUT2D eigenvalue weighted by atomic mass is 127. The van der Waals surface area contributed by atoms with Gasteiger partial charge in [0.1, 0.15) is 5.76 Å². The Morgan fingerprint density at radius 3 is 2.30 bits per heavy atom. The minimum atomic E-state index is -0.0658. The first-order valence-electron chi connectivity index (χ1n) is 9.51. The molecule has 0 atom stereocenters. The van der Waals surface area contributed by atoms with Gasteiger partial charge >= 0.3 is 0 Å². The van der Waals surface area contributed by atoms with Crippen molar-refractivity contribution in [3.05, 3.63) is 35.5 Å². The van der Waals surface area contributed by atoms with Gasteiger partial charge in [-0.25, -0.2) is 4.98 Å². The molecule has 0 aliphatic rings. The number of benzene rings is 1. The second-order valence-electron chi connectivity index (χ2n) is 7.46. The van der Waals surface area contributed by atoms with Crippen LogP contribution in [0.4, 0.5) is 0 Å². The molecule has 8 nitrogen and oxygen atoms in total.